The highest BCUT2D eigenvalue weighted by Crippen LogP contribution is 2.30. The zero-order valence-corrected chi connectivity index (χ0v) is 40.6. The largest absolute Gasteiger partial charge is 0.494 e. The third-order valence-electron chi connectivity index (χ3n) is 12.0. The first-order valence-electron chi connectivity index (χ1n) is 24.1. The van der Waals surface area contributed by atoms with Gasteiger partial charge in [0.2, 0.25) is 0 Å². The van der Waals surface area contributed by atoms with E-state index in [2.05, 4.69) is 47.9 Å². The van der Waals surface area contributed by atoms with E-state index in [1.165, 1.54) is 32.1 Å². The SMILES string of the molecule is Cc1[nH]n2nc(-c3cccc(NCOCOC(=O)[C@H]4CCCC[C@H]4C)c3)nc2c1Cl.Cc1cc2nc(-c3ccc(NCOCOC(=O)CCCCCCCCCCOc4ccccc4)cc3)nn2[nH]1. The lowest BCUT2D eigenvalue weighted by Gasteiger charge is -2.26. The summed E-state index contributed by atoms with van der Waals surface area (Å²) in [6.45, 7) is 7.09. The molecular formula is C51H65ClN10O7. The predicted molar refractivity (Wildman–Crippen MR) is 266 cm³/mol. The van der Waals surface area contributed by atoms with Crippen LogP contribution < -0.4 is 15.4 Å². The summed E-state index contributed by atoms with van der Waals surface area (Å²) in [5.74, 6) is 2.20. The van der Waals surface area contributed by atoms with Gasteiger partial charge in [-0.25, -0.2) is 9.97 Å². The summed E-state index contributed by atoms with van der Waals surface area (Å²) in [6.07, 6.45) is 13.7. The molecule has 3 aromatic carbocycles. The lowest BCUT2D eigenvalue weighted by Crippen LogP contribution is -2.28. The summed E-state index contributed by atoms with van der Waals surface area (Å²) in [4.78, 5) is 33.1. The van der Waals surface area contributed by atoms with Crippen LogP contribution in [0.15, 0.2) is 84.9 Å². The summed E-state index contributed by atoms with van der Waals surface area (Å²) >= 11 is 6.23. The average molecular weight is 966 g/mol. The molecule has 7 aromatic rings. The van der Waals surface area contributed by atoms with Crippen molar-refractivity contribution in [3.05, 3.63) is 101 Å². The van der Waals surface area contributed by atoms with Gasteiger partial charge in [-0.1, -0.05) is 100 Å². The van der Waals surface area contributed by atoms with Crippen LogP contribution in [0, 0.1) is 25.7 Å². The second kappa shape index (κ2) is 26.4. The number of esters is 2. The minimum atomic E-state index is -0.211. The molecule has 1 saturated carbocycles. The number of aromatic nitrogens is 8. The van der Waals surface area contributed by atoms with Crippen molar-refractivity contribution in [1.82, 2.24) is 39.6 Å². The maximum absolute atomic E-state index is 12.2. The zero-order valence-electron chi connectivity index (χ0n) is 39.9. The lowest BCUT2D eigenvalue weighted by atomic mass is 9.80. The Bertz CT molecular complexity index is 2610. The topological polar surface area (TPSA) is 196 Å². The molecule has 18 heteroatoms. The number of hydrogen-bond acceptors (Lipinski definition) is 13. The van der Waals surface area contributed by atoms with Crippen molar-refractivity contribution in [2.75, 3.05) is 44.3 Å². The Morgan fingerprint density at radius 2 is 1.39 bits per heavy atom. The first-order valence-corrected chi connectivity index (χ1v) is 24.5. The molecule has 0 unspecified atom stereocenters. The molecule has 368 valence electrons. The van der Waals surface area contributed by atoms with Crippen LogP contribution in [0.1, 0.15) is 102 Å². The number of halogens is 1. The van der Waals surface area contributed by atoms with Crippen molar-refractivity contribution in [3.8, 4) is 28.5 Å². The normalized spacial score (nSPS) is 14.6. The molecule has 1 aliphatic carbocycles. The molecule has 0 radical (unpaired) electrons. The summed E-state index contributed by atoms with van der Waals surface area (Å²) in [5, 5.41) is 21.9. The van der Waals surface area contributed by atoms with Gasteiger partial charge in [-0.05, 0) is 94.0 Å². The van der Waals surface area contributed by atoms with E-state index in [0.717, 1.165) is 96.8 Å². The van der Waals surface area contributed by atoms with E-state index in [1.807, 2.05) is 98.8 Å². The second-order valence-corrected chi connectivity index (χ2v) is 17.8. The van der Waals surface area contributed by atoms with Crippen LogP contribution in [-0.2, 0) is 28.5 Å². The number of para-hydroxylation sites is 1. The number of H-pyrrole nitrogens is 2. The predicted octanol–water partition coefficient (Wildman–Crippen LogP) is 10.9. The van der Waals surface area contributed by atoms with E-state index in [0.29, 0.717) is 34.7 Å². The number of carbonyl (C=O) groups is 2. The number of anilines is 2. The Kier molecular flexibility index (Phi) is 19.3. The highest BCUT2D eigenvalue weighted by molar-refractivity contribution is 6.34. The molecule has 0 bridgehead atoms. The highest BCUT2D eigenvalue weighted by atomic mass is 35.5. The number of ether oxygens (including phenoxy) is 5. The van der Waals surface area contributed by atoms with Crippen molar-refractivity contribution in [2.24, 2.45) is 11.8 Å². The van der Waals surface area contributed by atoms with Gasteiger partial charge in [-0.15, -0.1) is 10.2 Å². The molecular weight excluding hydrogens is 900 g/mol. The van der Waals surface area contributed by atoms with E-state index in [-0.39, 0.29) is 44.9 Å². The molecule has 0 aliphatic heterocycles. The number of rotatable bonds is 25. The van der Waals surface area contributed by atoms with Crippen LogP contribution in [0.25, 0.3) is 34.1 Å². The number of nitrogens with zero attached hydrogens (tertiary/aromatic N) is 6. The Labute approximate surface area is 407 Å². The first-order chi connectivity index (χ1) is 33.7. The lowest BCUT2D eigenvalue weighted by molar-refractivity contribution is -0.163. The van der Waals surface area contributed by atoms with Gasteiger partial charge in [-0.2, -0.15) is 9.26 Å². The smallest absolute Gasteiger partial charge is 0.311 e. The number of carbonyl (C=O) groups excluding carboxylic acids is 2. The third-order valence-corrected chi connectivity index (χ3v) is 12.4. The number of hydrogen-bond donors (Lipinski definition) is 4. The van der Waals surface area contributed by atoms with Crippen LogP contribution in [-0.4, -0.2) is 85.2 Å². The average Bonchev–Trinajstić information content (AvgIpc) is 4.12. The van der Waals surface area contributed by atoms with Crippen molar-refractivity contribution in [3.63, 3.8) is 0 Å². The van der Waals surface area contributed by atoms with E-state index in [1.54, 1.807) is 9.26 Å². The second-order valence-electron chi connectivity index (χ2n) is 17.4. The zero-order chi connectivity index (χ0) is 48.2. The summed E-state index contributed by atoms with van der Waals surface area (Å²) in [5.41, 5.74) is 6.75. The number of fused-ring (bicyclic) bond motifs is 2. The number of benzene rings is 3. The Hall–Kier alpha value is -6.43. The monoisotopic (exact) mass is 964 g/mol. The molecule has 8 rings (SSSR count). The number of aromatic amines is 2. The van der Waals surface area contributed by atoms with Gasteiger partial charge in [0.25, 0.3) is 0 Å². The molecule has 4 aromatic heterocycles. The van der Waals surface area contributed by atoms with Gasteiger partial charge in [0.05, 0.1) is 18.2 Å². The molecule has 1 aliphatic rings. The molecule has 69 heavy (non-hydrogen) atoms. The minimum absolute atomic E-state index is 0.00217. The number of unbranched alkanes of at least 4 members (excludes halogenated alkanes) is 7. The van der Waals surface area contributed by atoms with Crippen LogP contribution >= 0.6 is 11.6 Å². The van der Waals surface area contributed by atoms with E-state index >= 15 is 0 Å². The highest BCUT2D eigenvalue weighted by Gasteiger charge is 2.29. The maximum atomic E-state index is 12.2. The third kappa shape index (κ3) is 15.5. The molecule has 4 heterocycles. The van der Waals surface area contributed by atoms with E-state index in [9.17, 15) is 9.59 Å². The summed E-state index contributed by atoms with van der Waals surface area (Å²) in [7, 11) is 0. The van der Waals surface area contributed by atoms with Gasteiger partial charge < -0.3 is 34.3 Å². The number of nitrogens with one attached hydrogen (secondary N) is 4. The van der Waals surface area contributed by atoms with E-state index in [4.69, 9.17) is 35.3 Å². The van der Waals surface area contributed by atoms with Crippen LogP contribution in [0.2, 0.25) is 5.02 Å². The molecule has 0 amide bonds. The molecule has 2 atom stereocenters. The van der Waals surface area contributed by atoms with Gasteiger partial charge in [0, 0.05) is 40.7 Å². The fourth-order valence-electron chi connectivity index (χ4n) is 8.09. The van der Waals surface area contributed by atoms with Crippen LogP contribution in [0.5, 0.6) is 5.75 Å². The van der Waals surface area contributed by atoms with Crippen LogP contribution in [0.4, 0.5) is 11.4 Å². The first kappa shape index (κ1) is 50.4. The van der Waals surface area contributed by atoms with Crippen molar-refractivity contribution < 1.29 is 33.3 Å². The molecule has 1 fully saturated rings. The molecule has 0 spiro atoms. The van der Waals surface area contributed by atoms with Gasteiger partial charge >= 0.3 is 11.9 Å². The van der Waals surface area contributed by atoms with Gasteiger partial charge in [-0.3, -0.25) is 19.8 Å². The molecule has 4 N–H and O–H groups in total. The Morgan fingerprint density at radius 3 is 2.13 bits per heavy atom. The molecule has 0 saturated heterocycles. The van der Waals surface area contributed by atoms with E-state index < -0.39 is 0 Å². The van der Waals surface area contributed by atoms with Crippen molar-refractivity contribution in [2.45, 2.75) is 104 Å². The quantitative estimate of drug-likeness (QED) is 0.0240. The summed E-state index contributed by atoms with van der Waals surface area (Å²) < 4.78 is 30.2. The van der Waals surface area contributed by atoms with Crippen molar-refractivity contribution >= 4 is 46.2 Å². The van der Waals surface area contributed by atoms with Crippen molar-refractivity contribution in [1.29, 1.82) is 0 Å². The standard InChI is InChI=1S/C30H39N5O4.C21H26ClN5O3/c1-24-21-28-32-30(34-35(28)33-24)25-16-18-26(19-17-25)31-22-37-23-39-29(36)15-11-6-4-2-3-5-7-12-20-38-27-13-9-8-10-14-27;1-13-6-3-4-9-17(13)21(28)30-12-29-11-23-16-8-5-7-15(10-16)19-24-20-18(22)14(2)25-27(20)26-19/h8-10,13-14,16-19,21,31,33H,2-7,11-12,15,20,22-23H2,1H3;5,7-8,10,13,17,23,25H,3-4,6,9,11-12H2,1-2H3/t;13-,17+/m.1/s1. The Balaban J connectivity index is 0.000000211. The number of aryl methyl sites for hydroxylation is 2. The fraction of sp³-hybridized carbons (Fsp3) is 0.451. The molecule has 17 nitrogen and oxygen atoms in total. The van der Waals surface area contributed by atoms with Crippen LogP contribution in [0.3, 0.4) is 0 Å². The maximum Gasteiger partial charge on any atom is 0.311 e. The fourth-order valence-corrected chi connectivity index (χ4v) is 8.26. The van der Waals surface area contributed by atoms with Gasteiger partial charge in [0.15, 0.2) is 36.5 Å². The minimum Gasteiger partial charge on any atom is -0.494 e. The Morgan fingerprint density at radius 1 is 0.710 bits per heavy atom. The summed E-state index contributed by atoms with van der Waals surface area (Å²) in [6, 6.07) is 27.4. The van der Waals surface area contributed by atoms with Gasteiger partial charge in [0.1, 0.15) is 24.2 Å².